The summed E-state index contributed by atoms with van der Waals surface area (Å²) in [5, 5.41) is 0. The van der Waals surface area contributed by atoms with Crippen molar-refractivity contribution < 1.29 is 0 Å². The summed E-state index contributed by atoms with van der Waals surface area (Å²) in [6.45, 7) is 0. The number of aromatic amines is 2. The first-order valence-corrected chi connectivity index (χ1v) is 15.6. The van der Waals surface area contributed by atoms with Gasteiger partial charge in [0.15, 0.2) is 0 Å². The monoisotopic (exact) mass is 760 g/mol. The SMILES string of the molecule is C1=Cc2cc3ccc(cc4nc(cc5ccc(cc1n2)[nH]5)C=C4)[nH]3.[SiH4].[SnH2].c1ccc2c(c1)Cc1ccccc1-2.c1ccc2nccnc2c1. The van der Waals surface area contributed by atoms with Gasteiger partial charge < -0.3 is 9.97 Å². The van der Waals surface area contributed by atoms with Crippen molar-refractivity contribution in [3.05, 3.63) is 168 Å². The third-order valence-corrected chi connectivity index (χ3v) is 8.12. The van der Waals surface area contributed by atoms with Gasteiger partial charge in [-0.25, -0.2) is 9.97 Å². The first kappa shape index (κ1) is 33.5. The third kappa shape index (κ3) is 7.85. The van der Waals surface area contributed by atoms with Crippen LogP contribution in [0.2, 0.25) is 0 Å². The van der Waals surface area contributed by atoms with Crippen LogP contribution in [0.15, 0.2) is 134 Å². The predicted molar refractivity (Wildman–Crippen MR) is 213 cm³/mol. The Balaban J connectivity index is 0.000000140. The molecule has 0 spiro atoms. The van der Waals surface area contributed by atoms with E-state index in [1.165, 1.54) is 22.3 Å². The summed E-state index contributed by atoms with van der Waals surface area (Å²) in [5.74, 6) is 0. The van der Waals surface area contributed by atoms with Gasteiger partial charge in [-0.1, -0.05) is 60.7 Å². The van der Waals surface area contributed by atoms with Crippen molar-refractivity contribution in [2.75, 3.05) is 0 Å². The van der Waals surface area contributed by atoms with Crippen LogP contribution in [-0.2, 0) is 6.42 Å². The fraction of sp³-hybridized carbons (Fsp3) is 0.0244. The van der Waals surface area contributed by atoms with Crippen molar-refractivity contribution in [3.63, 3.8) is 0 Å². The maximum Gasteiger partial charge on any atom is 0.0886 e. The van der Waals surface area contributed by atoms with E-state index in [9.17, 15) is 0 Å². The number of hydrogen-bond donors (Lipinski definition) is 2. The molecule has 7 aromatic rings. The van der Waals surface area contributed by atoms with Crippen LogP contribution < -0.4 is 0 Å². The second kappa shape index (κ2) is 15.2. The molecule has 0 amide bonds. The Hall–Kier alpha value is -5.38. The summed E-state index contributed by atoms with van der Waals surface area (Å²) in [7, 11) is 0. The quantitative estimate of drug-likeness (QED) is 0.161. The van der Waals surface area contributed by atoms with Crippen LogP contribution in [0.1, 0.15) is 33.9 Å². The van der Waals surface area contributed by atoms with E-state index in [1.54, 1.807) is 12.4 Å². The topological polar surface area (TPSA) is 83.1 Å². The number of para-hydroxylation sites is 2. The average molecular weight is 760 g/mol. The van der Waals surface area contributed by atoms with E-state index >= 15 is 0 Å². The van der Waals surface area contributed by atoms with Crippen LogP contribution in [0.25, 0.3) is 68.5 Å². The summed E-state index contributed by atoms with van der Waals surface area (Å²) in [6, 6.07) is 41.5. The number of rotatable bonds is 0. The van der Waals surface area contributed by atoms with Crippen molar-refractivity contribution in [1.29, 1.82) is 0 Å². The molecule has 2 N–H and O–H groups in total. The predicted octanol–water partition coefficient (Wildman–Crippen LogP) is 7.18. The number of hydrogen-bond acceptors (Lipinski definition) is 4. The van der Waals surface area contributed by atoms with E-state index in [4.69, 9.17) is 0 Å². The van der Waals surface area contributed by atoms with Crippen LogP contribution in [0.5, 0.6) is 0 Å². The Bertz CT molecular complexity index is 2200. The molecule has 8 heteroatoms. The van der Waals surface area contributed by atoms with E-state index in [1.807, 2.05) is 72.8 Å². The standard InChI is InChI=1S/C20H14N4.C13H10.C8H6N2.H4Si.Sn.2H/c1-2-14-10-16-5-6-18(23-16)12-20-8-7-19(24-20)11-17-4-3-15(22-17)9-13(1)21-14;1-3-7-12-10(5-1)9-11-6-2-4-8-13(11)12;1-2-4-8-7(3-1)9-5-6-10-8;;;;/h1-12,21,24H;1-8H,9H2;1-6H;1H4;;;. The van der Waals surface area contributed by atoms with Crippen LogP contribution >= 0.6 is 0 Å². The molecule has 2 aliphatic heterocycles. The van der Waals surface area contributed by atoms with Gasteiger partial charge in [-0.2, -0.15) is 0 Å². The third-order valence-electron chi connectivity index (χ3n) is 8.12. The molecule has 0 unspecified atom stereocenters. The molecule has 4 aromatic heterocycles. The van der Waals surface area contributed by atoms with Crippen molar-refractivity contribution in [1.82, 2.24) is 29.9 Å². The molecule has 1 aliphatic carbocycles. The Morgan fingerprint density at radius 3 is 1.16 bits per heavy atom. The summed E-state index contributed by atoms with van der Waals surface area (Å²) in [6.07, 6.45) is 12.6. The van der Waals surface area contributed by atoms with E-state index in [-0.39, 0.29) is 34.9 Å². The Kier molecular flexibility index (Phi) is 10.4. The van der Waals surface area contributed by atoms with Gasteiger partial charge in [0.25, 0.3) is 0 Å². The van der Waals surface area contributed by atoms with Crippen LogP contribution in [-0.4, -0.2) is 64.8 Å². The van der Waals surface area contributed by atoms with Gasteiger partial charge in [-0.3, -0.25) is 9.97 Å². The van der Waals surface area contributed by atoms with Gasteiger partial charge in [-0.05, 0) is 125 Å². The Morgan fingerprint density at radius 2 is 0.776 bits per heavy atom. The number of H-pyrrole nitrogens is 2. The van der Waals surface area contributed by atoms with E-state index in [0.29, 0.717) is 0 Å². The summed E-state index contributed by atoms with van der Waals surface area (Å²) in [5.41, 5.74) is 15.5. The van der Waals surface area contributed by atoms with Crippen LogP contribution in [0.4, 0.5) is 0 Å². The molecule has 0 fully saturated rings. The second-order valence-electron chi connectivity index (χ2n) is 11.4. The first-order chi connectivity index (χ1) is 23.2. The van der Waals surface area contributed by atoms with Crippen LogP contribution in [0.3, 0.4) is 0 Å². The molecular weight excluding hydrogens is 723 g/mol. The van der Waals surface area contributed by atoms with Gasteiger partial charge in [0, 0.05) is 34.5 Å². The fourth-order valence-electron chi connectivity index (χ4n) is 5.93. The maximum atomic E-state index is 4.63. The first-order valence-electron chi connectivity index (χ1n) is 15.6. The minimum atomic E-state index is 0. The largest absolute Gasteiger partial charge is 0.253 e. The minimum absolute atomic E-state index is 0. The van der Waals surface area contributed by atoms with E-state index < -0.39 is 0 Å². The average Bonchev–Trinajstić information content (AvgIpc) is 3.95. The molecule has 0 saturated carbocycles. The summed E-state index contributed by atoms with van der Waals surface area (Å²) >= 11 is 0. The molecule has 8 bridgehead atoms. The van der Waals surface area contributed by atoms with Crippen molar-refractivity contribution in [3.8, 4) is 11.1 Å². The number of benzene rings is 3. The number of nitrogens with zero attached hydrogens (tertiary/aromatic N) is 4. The zero-order valence-corrected chi connectivity index (χ0v) is 30.3. The van der Waals surface area contributed by atoms with Crippen molar-refractivity contribution >= 4 is 92.3 Å². The zero-order chi connectivity index (χ0) is 31.4. The molecule has 0 saturated heterocycles. The smallest absolute Gasteiger partial charge is 0.0886 e. The van der Waals surface area contributed by atoms with Crippen molar-refractivity contribution in [2.24, 2.45) is 0 Å². The molecule has 49 heavy (non-hydrogen) atoms. The molecular formula is C41H36N6SiSn. The normalized spacial score (nSPS) is 11.5. The molecule has 6 nitrogen and oxygen atoms in total. The van der Waals surface area contributed by atoms with Gasteiger partial charge >= 0.3 is 23.9 Å². The molecule has 2 radical (unpaired) electrons. The van der Waals surface area contributed by atoms with Crippen LogP contribution in [0, 0.1) is 0 Å². The number of aromatic nitrogens is 6. The number of nitrogens with one attached hydrogen (secondary N) is 2. The van der Waals surface area contributed by atoms with Gasteiger partial charge in [0.1, 0.15) is 0 Å². The number of fused-ring (bicyclic) bond motifs is 12. The molecule has 238 valence electrons. The molecule has 3 aromatic carbocycles. The summed E-state index contributed by atoms with van der Waals surface area (Å²) < 4.78 is 0. The maximum absolute atomic E-state index is 4.63. The molecule has 3 aliphatic rings. The summed E-state index contributed by atoms with van der Waals surface area (Å²) in [4.78, 5) is 24.3. The Labute approximate surface area is 305 Å². The van der Waals surface area contributed by atoms with Gasteiger partial charge in [0.05, 0.1) is 33.8 Å². The van der Waals surface area contributed by atoms with Gasteiger partial charge in [0.2, 0.25) is 0 Å². The zero-order valence-electron chi connectivity index (χ0n) is 26.2. The molecule has 10 rings (SSSR count). The second-order valence-corrected chi connectivity index (χ2v) is 11.4. The molecule has 0 atom stereocenters. The fourth-order valence-corrected chi connectivity index (χ4v) is 5.93. The Morgan fingerprint density at radius 1 is 0.429 bits per heavy atom. The van der Waals surface area contributed by atoms with Crippen molar-refractivity contribution in [2.45, 2.75) is 6.42 Å². The van der Waals surface area contributed by atoms with E-state index in [2.05, 4.69) is 103 Å². The molecule has 6 heterocycles. The van der Waals surface area contributed by atoms with Gasteiger partial charge in [-0.15, -0.1) is 0 Å². The van der Waals surface area contributed by atoms with E-state index in [0.717, 1.165) is 62.3 Å². The minimum Gasteiger partial charge on any atom is -0.253 e.